The molecule has 1 aliphatic heterocycles. The fourth-order valence-electron chi connectivity index (χ4n) is 3.51. The van der Waals surface area contributed by atoms with Crippen molar-refractivity contribution in [3.8, 4) is 0 Å². The second-order valence-electron chi connectivity index (χ2n) is 6.49. The van der Waals surface area contributed by atoms with E-state index in [0.717, 1.165) is 5.56 Å². The Kier molecular flexibility index (Phi) is 4.24. The molecule has 1 amide bonds. The molecule has 0 aliphatic carbocycles. The van der Waals surface area contributed by atoms with Crippen molar-refractivity contribution in [2.24, 2.45) is 0 Å². The third kappa shape index (κ3) is 2.87. The number of amides is 1. The SMILES string of the molecule is CN(c1ncnc2c(F)cccc12)C1CCN(Cc2ccccc2)C1=O. The summed E-state index contributed by atoms with van der Waals surface area (Å²) in [7, 11) is 1.83. The summed E-state index contributed by atoms with van der Waals surface area (Å²) in [6.45, 7) is 1.29. The van der Waals surface area contributed by atoms with Crippen LogP contribution in [-0.4, -0.2) is 40.4 Å². The molecular weight excluding hydrogens is 331 g/mol. The van der Waals surface area contributed by atoms with Crippen molar-refractivity contribution in [2.75, 3.05) is 18.5 Å². The number of nitrogens with zero attached hydrogens (tertiary/aromatic N) is 4. The van der Waals surface area contributed by atoms with Crippen molar-refractivity contribution in [3.63, 3.8) is 0 Å². The van der Waals surface area contributed by atoms with Gasteiger partial charge in [0.1, 0.15) is 29.5 Å². The minimum Gasteiger partial charge on any atom is -0.347 e. The van der Waals surface area contributed by atoms with Crippen LogP contribution in [0.1, 0.15) is 12.0 Å². The molecule has 0 spiro atoms. The Morgan fingerprint density at radius 1 is 1.15 bits per heavy atom. The van der Waals surface area contributed by atoms with Gasteiger partial charge in [0.05, 0.1) is 0 Å². The number of anilines is 1. The number of carbonyl (C=O) groups is 1. The van der Waals surface area contributed by atoms with Crippen LogP contribution < -0.4 is 4.90 Å². The number of likely N-dealkylation sites (tertiary alicyclic amines) is 1. The zero-order chi connectivity index (χ0) is 18.1. The van der Waals surface area contributed by atoms with Crippen LogP contribution in [0.3, 0.4) is 0 Å². The van der Waals surface area contributed by atoms with Gasteiger partial charge in [-0.15, -0.1) is 0 Å². The normalized spacial score (nSPS) is 17.1. The molecule has 6 heteroatoms. The molecule has 0 radical (unpaired) electrons. The Morgan fingerprint density at radius 3 is 2.77 bits per heavy atom. The predicted molar refractivity (Wildman–Crippen MR) is 98.2 cm³/mol. The second kappa shape index (κ2) is 6.71. The van der Waals surface area contributed by atoms with Crippen molar-refractivity contribution < 1.29 is 9.18 Å². The van der Waals surface area contributed by atoms with Gasteiger partial charge < -0.3 is 9.80 Å². The van der Waals surface area contributed by atoms with Crippen LogP contribution >= 0.6 is 0 Å². The van der Waals surface area contributed by atoms with Crippen LogP contribution in [0.2, 0.25) is 0 Å². The molecule has 2 heterocycles. The molecule has 2 aromatic carbocycles. The number of hydrogen-bond donors (Lipinski definition) is 0. The van der Waals surface area contributed by atoms with Crippen molar-refractivity contribution in [1.29, 1.82) is 0 Å². The van der Waals surface area contributed by atoms with E-state index in [2.05, 4.69) is 9.97 Å². The fraction of sp³-hybridized carbons (Fsp3) is 0.250. The summed E-state index contributed by atoms with van der Waals surface area (Å²) in [6, 6.07) is 14.4. The Labute approximate surface area is 151 Å². The van der Waals surface area contributed by atoms with E-state index in [9.17, 15) is 9.18 Å². The summed E-state index contributed by atoms with van der Waals surface area (Å²) < 4.78 is 14.0. The molecule has 3 aromatic rings. The van der Waals surface area contributed by atoms with Gasteiger partial charge in [-0.3, -0.25) is 4.79 Å². The highest BCUT2D eigenvalue weighted by Crippen LogP contribution is 2.28. The molecule has 1 atom stereocenters. The predicted octanol–water partition coefficient (Wildman–Crippen LogP) is 3.01. The molecule has 0 saturated carbocycles. The van der Waals surface area contributed by atoms with E-state index in [1.807, 2.05) is 47.2 Å². The van der Waals surface area contributed by atoms with Gasteiger partial charge in [-0.05, 0) is 24.1 Å². The largest absolute Gasteiger partial charge is 0.347 e. The highest BCUT2D eigenvalue weighted by atomic mass is 19.1. The first-order chi connectivity index (χ1) is 12.6. The summed E-state index contributed by atoms with van der Waals surface area (Å²) in [4.78, 5) is 24.9. The monoisotopic (exact) mass is 350 g/mol. The summed E-state index contributed by atoms with van der Waals surface area (Å²) >= 11 is 0. The molecule has 4 rings (SSSR count). The number of benzene rings is 2. The summed E-state index contributed by atoms with van der Waals surface area (Å²) in [5.74, 6) is 0.261. The van der Waals surface area contributed by atoms with Crippen LogP contribution in [0.25, 0.3) is 10.9 Å². The van der Waals surface area contributed by atoms with Gasteiger partial charge in [0, 0.05) is 25.5 Å². The van der Waals surface area contributed by atoms with Crippen LogP contribution in [-0.2, 0) is 11.3 Å². The maximum atomic E-state index is 14.0. The number of carbonyl (C=O) groups excluding carboxylic acids is 1. The van der Waals surface area contributed by atoms with E-state index >= 15 is 0 Å². The van der Waals surface area contributed by atoms with Crippen LogP contribution in [0.5, 0.6) is 0 Å². The van der Waals surface area contributed by atoms with Gasteiger partial charge in [-0.25, -0.2) is 14.4 Å². The van der Waals surface area contributed by atoms with Gasteiger partial charge in [0.25, 0.3) is 0 Å². The standard InChI is InChI=1S/C20H19FN4O/c1-24(19-15-8-5-9-16(21)18(15)22-13-23-19)17-10-11-25(20(17)26)12-14-6-3-2-4-7-14/h2-9,13,17H,10-12H2,1H3. The lowest BCUT2D eigenvalue weighted by molar-refractivity contribution is -0.129. The molecule has 5 nitrogen and oxygen atoms in total. The minimum atomic E-state index is -0.386. The first kappa shape index (κ1) is 16.4. The van der Waals surface area contributed by atoms with Gasteiger partial charge >= 0.3 is 0 Å². The summed E-state index contributed by atoms with van der Waals surface area (Å²) in [5.41, 5.74) is 1.38. The number of fused-ring (bicyclic) bond motifs is 1. The van der Waals surface area contributed by atoms with Gasteiger partial charge in [0.2, 0.25) is 5.91 Å². The zero-order valence-electron chi connectivity index (χ0n) is 14.5. The van der Waals surface area contributed by atoms with E-state index < -0.39 is 0 Å². The smallest absolute Gasteiger partial charge is 0.245 e. The Bertz CT molecular complexity index is 947. The number of halogens is 1. The van der Waals surface area contributed by atoms with Crippen molar-refractivity contribution in [2.45, 2.75) is 19.0 Å². The Hall–Kier alpha value is -3.02. The third-order valence-electron chi connectivity index (χ3n) is 4.88. The molecule has 1 fully saturated rings. The topological polar surface area (TPSA) is 49.3 Å². The zero-order valence-corrected chi connectivity index (χ0v) is 14.5. The lowest BCUT2D eigenvalue weighted by Crippen LogP contribution is -2.40. The molecule has 1 unspecified atom stereocenters. The van der Waals surface area contributed by atoms with E-state index in [-0.39, 0.29) is 23.3 Å². The van der Waals surface area contributed by atoms with E-state index in [1.165, 1.54) is 12.4 Å². The molecule has 1 aromatic heterocycles. The Morgan fingerprint density at radius 2 is 1.96 bits per heavy atom. The highest BCUT2D eigenvalue weighted by Gasteiger charge is 2.35. The number of rotatable bonds is 4. The quantitative estimate of drug-likeness (QED) is 0.726. The van der Waals surface area contributed by atoms with Gasteiger partial charge in [-0.1, -0.05) is 36.4 Å². The van der Waals surface area contributed by atoms with Crippen LogP contribution in [0.4, 0.5) is 10.2 Å². The molecule has 0 bridgehead atoms. The summed E-state index contributed by atoms with van der Waals surface area (Å²) in [6.07, 6.45) is 2.06. The lowest BCUT2D eigenvalue weighted by atomic mass is 10.1. The van der Waals surface area contributed by atoms with Crippen molar-refractivity contribution in [3.05, 3.63) is 66.2 Å². The number of aromatic nitrogens is 2. The molecular formula is C20H19FN4O. The molecule has 0 N–H and O–H groups in total. The third-order valence-corrected chi connectivity index (χ3v) is 4.88. The first-order valence-corrected chi connectivity index (χ1v) is 8.60. The molecule has 26 heavy (non-hydrogen) atoms. The van der Waals surface area contributed by atoms with Crippen molar-refractivity contribution in [1.82, 2.24) is 14.9 Å². The maximum Gasteiger partial charge on any atom is 0.245 e. The number of likely N-dealkylation sites (N-methyl/N-ethyl adjacent to an activating group) is 1. The second-order valence-corrected chi connectivity index (χ2v) is 6.49. The van der Waals surface area contributed by atoms with E-state index in [0.29, 0.717) is 30.7 Å². The Balaban J connectivity index is 1.59. The number of para-hydroxylation sites is 1. The highest BCUT2D eigenvalue weighted by molar-refractivity contribution is 5.93. The number of hydrogen-bond acceptors (Lipinski definition) is 4. The van der Waals surface area contributed by atoms with Gasteiger partial charge in [0.15, 0.2) is 0 Å². The maximum absolute atomic E-state index is 14.0. The van der Waals surface area contributed by atoms with Gasteiger partial charge in [-0.2, -0.15) is 0 Å². The first-order valence-electron chi connectivity index (χ1n) is 8.60. The van der Waals surface area contributed by atoms with Crippen molar-refractivity contribution >= 4 is 22.6 Å². The van der Waals surface area contributed by atoms with Crippen LogP contribution in [0.15, 0.2) is 54.9 Å². The average Bonchev–Trinajstić information content (AvgIpc) is 3.02. The lowest BCUT2D eigenvalue weighted by Gasteiger charge is -2.25. The van der Waals surface area contributed by atoms with E-state index in [4.69, 9.17) is 0 Å². The van der Waals surface area contributed by atoms with E-state index in [1.54, 1.807) is 12.1 Å². The molecule has 1 aliphatic rings. The fourth-order valence-corrected chi connectivity index (χ4v) is 3.51. The minimum absolute atomic E-state index is 0.0690. The molecule has 132 valence electrons. The molecule has 1 saturated heterocycles. The average molecular weight is 350 g/mol. The van der Waals surface area contributed by atoms with Crippen LogP contribution in [0, 0.1) is 5.82 Å². The summed E-state index contributed by atoms with van der Waals surface area (Å²) in [5, 5.41) is 0.615.